The Kier molecular flexibility index (Phi) is 5.81. The van der Waals surface area contributed by atoms with E-state index in [1.165, 1.54) is 4.90 Å². The fourth-order valence-corrected chi connectivity index (χ4v) is 3.91. The first-order valence-corrected chi connectivity index (χ1v) is 10.3. The molecule has 1 saturated heterocycles. The van der Waals surface area contributed by atoms with Crippen molar-refractivity contribution in [2.45, 2.75) is 19.5 Å². The van der Waals surface area contributed by atoms with Crippen LogP contribution in [0.2, 0.25) is 10.0 Å². The Morgan fingerprint density at radius 1 is 1.03 bits per heavy atom. The average molecular weight is 453 g/mol. The number of halogens is 2. The second-order valence-electron chi connectivity index (χ2n) is 7.29. The number of likely N-dealkylation sites (tertiary alicyclic amines) is 1. The Balaban J connectivity index is 1.88. The molecule has 1 aliphatic rings. The predicted octanol–water partition coefficient (Wildman–Crippen LogP) is 5.32. The molecule has 1 atom stereocenters. The smallest absolute Gasteiger partial charge is 0.296 e. The number of amides is 1. The fraction of sp³-hybridized carbons (Fsp3) is 0.125. The molecule has 1 N–H and O–H groups in total. The Morgan fingerprint density at radius 2 is 1.77 bits per heavy atom. The summed E-state index contributed by atoms with van der Waals surface area (Å²) in [6.07, 6.45) is 1.62. The first kappa shape index (κ1) is 21.1. The summed E-state index contributed by atoms with van der Waals surface area (Å²) in [5.74, 6) is -1.71. The van der Waals surface area contributed by atoms with Crippen LogP contribution in [0.25, 0.3) is 5.76 Å². The zero-order valence-electron chi connectivity index (χ0n) is 16.5. The highest BCUT2D eigenvalue weighted by Crippen LogP contribution is 2.41. The van der Waals surface area contributed by atoms with Crippen LogP contribution in [-0.2, 0) is 16.1 Å². The van der Waals surface area contributed by atoms with Crippen LogP contribution in [0.4, 0.5) is 0 Å². The summed E-state index contributed by atoms with van der Waals surface area (Å²) in [4.78, 5) is 31.7. The summed E-state index contributed by atoms with van der Waals surface area (Å²) in [6, 6.07) is 16.5. The van der Waals surface area contributed by atoms with E-state index in [-0.39, 0.29) is 22.9 Å². The van der Waals surface area contributed by atoms with Crippen molar-refractivity contribution in [3.63, 3.8) is 0 Å². The third-order valence-electron chi connectivity index (χ3n) is 5.18. The van der Waals surface area contributed by atoms with E-state index in [1.54, 1.807) is 54.7 Å². The number of nitrogens with zero attached hydrogens (tertiary/aromatic N) is 2. The molecule has 0 radical (unpaired) electrons. The molecule has 0 aliphatic carbocycles. The SMILES string of the molecule is Cc1ccc(/C(O)=C2/C(=O)C(=O)N(Cc3ccccn3)C2c2ccc(Cl)c(Cl)c2)cc1. The lowest BCUT2D eigenvalue weighted by Crippen LogP contribution is -2.29. The summed E-state index contributed by atoms with van der Waals surface area (Å²) in [5, 5.41) is 11.7. The van der Waals surface area contributed by atoms with Crippen LogP contribution in [0, 0.1) is 6.92 Å². The largest absolute Gasteiger partial charge is 0.507 e. The second-order valence-corrected chi connectivity index (χ2v) is 8.10. The van der Waals surface area contributed by atoms with E-state index < -0.39 is 17.7 Å². The van der Waals surface area contributed by atoms with Gasteiger partial charge in [-0.15, -0.1) is 0 Å². The maximum Gasteiger partial charge on any atom is 0.296 e. The van der Waals surface area contributed by atoms with E-state index in [0.717, 1.165) is 5.56 Å². The van der Waals surface area contributed by atoms with Crippen LogP contribution in [0.15, 0.2) is 72.4 Å². The molecule has 4 rings (SSSR count). The molecule has 1 fully saturated rings. The Labute approximate surface area is 189 Å². The van der Waals surface area contributed by atoms with Crippen molar-refractivity contribution in [1.82, 2.24) is 9.88 Å². The van der Waals surface area contributed by atoms with Gasteiger partial charge in [-0.2, -0.15) is 0 Å². The van der Waals surface area contributed by atoms with Gasteiger partial charge in [-0.05, 0) is 36.8 Å². The first-order chi connectivity index (χ1) is 14.9. The molecule has 1 aromatic heterocycles. The number of ketones is 1. The van der Waals surface area contributed by atoms with Gasteiger partial charge in [0.15, 0.2) is 0 Å². The van der Waals surface area contributed by atoms with E-state index in [0.29, 0.717) is 21.8 Å². The predicted molar refractivity (Wildman–Crippen MR) is 120 cm³/mol. The third-order valence-corrected chi connectivity index (χ3v) is 5.92. The van der Waals surface area contributed by atoms with Crippen molar-refractivity contribution in [2.75, 3.05) is 0 Å². The molecule has 2 aromatic carbocycles. The molecular formula is C24H18Cl2N2O3. The van der Waals surface area contributed by atoms with Crippen LogP contribution in [-0.4, -0.2) is 26.7 Å². The Bertz CT molecular complexity index is 1190. The summed E-state index contributed by atoms with van der Waals surface area (Å²) in [5.41, 5.74) is 2.64. The quantitative estimate of drug-likeness (QED) is 0.330. The van der Waals surface area contributed by atoms with Gasteiger partial charge in [-0.3, -0.25) is 14.6 Å². The highest BCUT2D eigenvalue weighted by molar-refractivity contribution is 6.46. The second kappa shape index (κ2) is 8.53. The van der Waals surface area contributed by atoms with Crippen molar-refractivity contribution in [3.8, 4) is 0 Å². The first-order valence-electron chi connectivity index (χ1n) is 9.57. The van der Waals surface area contributed by atoms with Crippen molar-refractivity contribution < 1.29 is 14.7 Å². The number of pyridine rings is 1. The van der Waals surface area contributed by atoms with Gasteiger partial charge in [0.05, 0.1) is 33.9 Å². The van der Waals surface area contributed by atoms with E-state index in [4.69, 9.17) is 23.2 Å². The maximum atomic E-state index is 13.0. The molecule has 31 heavy (non-hydrogen) atoms. The normalized spacial score (nSPS) is 17.9. The molecule has 0 bridgehead atoms. The van der Waals surface area contributed by atoms with Crippen molar-refractivity contribution in [3.05, 3.63) is 105 Å². The Hall–Kier alpha value is -3.15. The number of Topliss-reactive ketones (excluding diaryl/α,β-unsaturated/α-hetero) is 1. The third kappa shape index (κ3) is 4.07. The van der Waals surface area contributed by atoms with Gasteiger partial charge in [0.25, 0.3) is 11.7 Å². The number of aliphatic hydroxyl groups excluding tert-OH is 1. The Morgan fingerprint density at radius 3 is 2.42 bits per heavy atom. The zero-order valence-corrected chi connectivity index (χ0v) is 18.1. The molecule has 0 spiro atoms. The number of aromatic nitrogens is 1. The molecule has 2 heterocycles. The number of hydrogen-bond acceptors (Lipinski definition) is 4. The molecule has 1 unspecified atom stereocenters. The van der Waals surface area contributed by atoms with E-state index in [1.807, 2.05) is 19.1 Å². The van der Waals surface area contributed by atoms with Gasteiger partial charge in [0.2, 0.25) is 0 Å². The number of aliphatic hydroxyl groups is 1. The van der Waals surface area contributed by atoms with E-state index in [2.05, 4.69) is 4.98 Å². The molecule has 156 valence electrons. The summed E-state index contributed by atoms with van der Waals surface area (Å²) in [6.45, 7) is 2.02. The molecular weight excluding hydrogens is 435 g/mol. The van der Waals surface area contributed by atoms with Crippen molar-refractivity contribution in [1.29, 1.82) is 0 Å². The minimum atomic E-state index is -0.835. The molecule has 1 amide bonds. The number of carbonyl (C=O) groups is 2. The van der Waals surface area contributed by atoms with E-state index in [9.17, 15) is 14.7 Å². The maximum absolute atomic E-state index is 13.0. The van der Waals surface area contributed by atoms with Gasteiger partial charge < -0.3 is 10.0 Å². The average Bonchev–Trinajstić information content (AvgIpc) is 3.01. The number of hydrogen-bond donors (Lipinski definition) is 1. The lowest BCUT2D eigenvalue weighted by Gasteiger charge is -2.25. The topological polar surface area (TPSA) is 70.5 Å². The van der Waals surface area contributed by atoms with Crippen LogP contribution < -0.4 is 0 Å². The molecule has 3 aromatic rings. The van der Waals surface area contributed by atoms with E-state index >= 15 is 0 Å². The van der Waals surface area contributed by atoms with Gasteiger partial charge in [-0.25, -0.2) is 0 Å². The zero-order chi connectivity index (χ0) is 22.1. The minimum Gasteiger partial charge on any atom is -0.507 e. The lowest BCUT2D eigenvalue weighted by atomic mass is 9.95. The summed E-state index contributed by atoms with van der Waals surface area (Å²) < 4.78 is 0. The van der Waals surface area contributed by atoms with Crippen LogP contribution in [0.1, 0.15) is 28.4 Å². The van der Waals surface area contributed by atoms with Gasteiger partial charge >= 0.3 is 0 Å². The van der Waals surface area contributed by atoms with Crippen LogP contribution >= 0.6 is 23.2 Å². The number of benzene rings is 2. The number of rotatable bonds is 4. The monoisotopic (exact) mass is 452 g/mol. The number of aryl methyl sites for hydroxylation is 1. The fourth-order valence-electron chi connectivity index (χ4n) is 3.61. The van der Waals surface area contributed by atoms with Gasteiger partial charge in [0.1, 0.15) is 5.76 Å². The van der Waals surface area contributed by atoms with Crippen LogP contribution in [0.3, 0.4) is 0 Å². The highest BCUT2D eigenvalue weighted by atomic mass is 35.5. The summed E-state index contributed by atoms with van der Waals surface area (Å²) in [7, 11) is 0. The molecule has 7 heteroatoms. The van der Waals surface area contributed by atoms with Crippen LogP contribution in [0.5, 0.6) is 0 Å². The van der Waals surface area contributed by atoms with Crippen molar-refractivity contribution in [2.24, 2.45) is 0 Å². The standard InChI is InChI=1S/C24H18Cl2N2O3/c1-14-5-7-15(8-6-14)22(29)20-21(16-9-10-18(25)19(26)12-16)28(24(31)23(20)30)13-17-4-2-3-11-27-17/h2-12,21,29H,13H2,1H3/b22-20-. The van der Waals surface area contributed by atoms with Crippen molar-refractivity contribution >= 4 is 40.7 Å². The highest BCUT2D eigenvalue weighted by Gasteiger charge is 2.46. The molecule has 1 aliphatic heterocycles. The lowest BCUT2D eigenvalue weighted by molar-refractivity contribution is -0.140. The van der Waals surface area contributed by atoms with Gasteiger partial charge in [0, 0.05) is 11.8 Å². The molecule has 5 nitrogen and oxygen atoms in total. The van der Waals surface area contributed by atoms with Gasteiger partial charge in [-0.1, -0.05) is 65.2 Å². The minimum absolute atomic E-state index is 0.00294. The summed E-state index contributed by atoms with van der Waals surface area (Å²) >= 11 is 12.3. The molecule has 0 saturated carbocycles. The number of carbonyl (C=O) groups excluding carboxylic acids is 2.